The molecule has 26 heavy (non-hydrogen) atoms. The molecule has 0 fully saturated rings. The van der Waals surface area contributed by atoms with Crippen molar-refractivity contribution in [3.8, 4) is 11.5 Å². The highest BCUT2D eigenvalue weighted by Gasteiger charge is 2.17. The van der Waals surface area contributed by atoms with Gasteiger partial charge in [0.25, 0.3) is 0 Å². The molecule has 0 aliphatic heterocycles. The van der Waals surface area contributed by atoms with Gasteiger partial charge in [0.1, 0.15) is 12.4 Å². The number of benzene rings is 2. The Labute approximate surface area is 164 Å². The van der Waals surface area contributed by atoms with E-state index in [4.69, 9.17) is 9.47 Å². The van der Waals surface area contributed by atoms with Crippen molar-refractivity contribution in [1.29, 1.82) is 0 Å². The fraction of sp³-hybridized carbons (Fsp3) is 0.429. The van der Waals surface area contributed by atoms with Crippen LogP contribution in [0.15, 0.2) is 40.9 Å². The van der Waals surface area contributed by atoms with E-state index in [1.54, 1.807) is 18.2 Å². The zero-order chi connectivity index (χ0) is 19.2. The molecule has 0 saturated carbocycles. The fourth-order valence-electron chi connectivity index (χ4n) is 2.36. The molecule has 0 aliphatic carbocycles. The third-order valence-electron chi connectivity index (χ3n) is 4.35. The zero-order valence-electron chi connectivity index (χ0n) is 15.9. The van der Waals surface area contributed by atoms with Crippen molar-refractivity contribution >= 4 is 15.9 Å². The number of hydrogen-bond donors (Lipinski definition) is 1. The van der Waals surface area contributed by atoms with Crippen LogP contribution < -0.4 is 14.8 Å². The zero-order valence-corrected chi connectivity index (χ0v) is 17.5. The van der Waals surface area contributed by atoms with Gasteiger partial charge in [-0.3, -0.25) is 0 Å². The molecule has 2 aromatic rings. The van der Waals surface area contributed by atoms with E-state index < -0.39 is 0 Å². The van der Waals surface area contributed by atoms with Gasteiger partial charge in [-0.25, -0.2) is 4.39 Å². The summed E-state index contributed by atoms with van der Waals surface area (Å²) in [5.41, 5.74) is 1.68. The number of rotatable bonds is 9. The first-order chi connectivity index (χ1) is 12.4. The Balaban J connectivity index is 2.19. The summed E-state index contributed by atoms with van der Waals surface area (Å²) < 4.78 is 26.3. The summed E-state index contributed by atoms with van der Waals surface area (Å²) in [6.07, 6.45) is 1.04. The van der Waals surface area contributed by atoms with Gasteiger partial charge >= 0.3 is 0 Å². The Bertz CT molecular complexity index is 734. The van der Waals surface area contributed by atoms with E-state index in [9.17, 15) is 4.39 Å². The van der Waals surface area contributed by atoms with Gasteiger partial charge in [-0.2, -0.15) is 0 Å². The average Bonchev–Trinajstić information content (AvgIpc) is 2.61. The van der Waals surface area contributed by atoms with Crippen LogP contribution in [0.4, 0.5) is 4.39 Å². The third-order valence-corrected chi connectivity index (χ3v) is 4.94. The monoisotopic (exact) mass is 423 g/mol. The van der Waals surface area contributed by atoms with E-state index in [-0.39, 0.29) is 18.0 Å². The van der Waals surface area contributed by atoms with Crippen LogP contribution in [0.1, 0.15) is 45.2 Å². The van der Waals surface area contributed by atoms with Crippen LogP contribution in [0.2, 0.25) is 0 Å². The van der Waals surface area contributed by atoms with Gasteiger partial charge in [0, 0.05) is 17.6 Å². The van der Waals surface area contributed by atoms with Gasteiger partial charge in [-0.15, -0.1) is 0 Å². The van der Waals surface area contributed by atoms with E-state index >= 15 is 0 Å². The lowest BCUT2D eigenvalue weighted by atomic mass is 10.0. The van der Waals surface area contributed by atoms with Crippen molar-refractivity contribution in [2.45, 2.75) is 52.8 Å². The number of hydrogen-bond acceptors (Lipinski definition) is 3. The molecular formula is C21H27BrFNO2. The predicted octanol–water partition coefficient (Wildman–Crippen LogP) is 5.84. The summed E-state index contributed by atoms with van der Waals surface area (Å²) >= 11 is 3.57. The highest BCUT2D eigenvalue weighted by Crippen LogP contribution is 2.37. The number of halogens is 2. The summed E-state index contributed by atoms with van der Waals surface area (Å²) in [7, 11) is 0. The molecule has 2 aromatic carbocycles. The van der Waals surface area contributed by atoms with Gasteiger partial charge in [0.05, 0.1) is 11.1 Å². The maximum Gasteiger partial charge on any atom is 0.175 e. The van der Waals surface area contributed by atoms with E-state index in [0.717, 1.165) is 23.0 Å². The molecule has 3 nitrogen and oxygen atoms in total. The first kappa shape index (κ1) is 20.7. The Morgan fingerprint density at radius 2 is 1.85 bits per heavy atom. The first-order valence-electron chi connectivity index (χ1n) is 8.92. The van der Waals surface area contributed by atoms with E-state index in [1.165, 1.54) is 6.07 Å². The van der Waals surface area contributed by atoms with Crippen molar-refractivity contribution < 1.29 is 13.9 Å². The molecule has 5 heteroatoms. The highest BCUT2D eigenvalue weighted by atomic mass is 79.9. The molecule has 0 aliphatic rings. The van der Waals surface area contributed by atoms with Crippen LogP contribution in [0.5, 0.6) is 11.5 Å². The predicted molar refractivity (Wildman–Crippen MR) is 107 cm³/mol. The lowest BCUT2D eigenvalue weighted by Crippen LogP contribution is -2.37. The molecule has 0 spiro atoms. The summed E-state index contributed by atoms with van der Waals surface area (Å²) in [5.74, 6) is 0.974. The highest BCUT2D eigenvalue weighted by molar-refractivity contribution is 9.10. The molecule has 0 amide bonds. The molecule has 0 unspecified atom stereocenters. The van der Waals surface area contributed by atoms with Crippen molar-refractivity contribution in [2.75, 3.05) is 6.61 Å². The van der Waals surface area contributed by atoms with Crippen LogP contribution in [0.25, 0.3) is 0 Å². The van der Waals surface area contributed by atoms with Gasteiger partial charge < -0.3 is 14.8 Å². The van der Waals surface area contributed by atoms with E-state index in [0.29, 0.717) is 23.7 Å². The first-order valence-corrected chi connectivity index (χ1v) is 9.72. The largest absolute Gasteiger partial charge is 0.490 e. The molecule has 0 bridgehead atoms. The van der Waals surface area contributed by atoms with Crippen LogP contribution in [0.3, 0.4) is 0 Å². The van der Waals surface area contributed by atoms with E-state index in [2.05, 4.69) is 42.0 Å². The number of nitrogens with one attached hydrogen (secondary N) is 1. The quantitative estimate of drug-likeness (QED) is 0.548. The molecule has 0 radical (unpaired) electrons. The molecule has 0 atom stereocenters. The van der Waals surface area contributed by atoms with Crippen molar-refractivity contribution in [1.82, 2.24) is 5.32 Å². The Morgan fingerprint density at radius 1 is 1.12 bits per heavy atom. The maximum atomic E-state index is 13.8. The van der Waals surface area contributed by atoms with E-state index in [1.807, 2.05) is 19.1 Å². The number of ether oxygens (including phenoxy) is 2. The van der Waals surface area contributed by atoms with Crippen LogP contribution >= 0.6 is 15.9 Å². The summed E-state index contributed by atoms with van der Waals surface area (Å²) in [6, 6.07) is 10.6. The topological polar surface area (TPSA) is 30.5 Å². The second-order valence-electron chi connectivity index (χ2n) is 6.81. The van der Waals surface area contributed by atoms with Gasteiger partial charge in [-0.05, 0) is 66.9 Å². The molecular weight excluding hydrogens is 397 g/mol. The minimum absolute atomic E-state index is 0.0677. The van der Waals surface area contributed by atoms with Crippen LogP contribution in [-0.4, -0.2) is 12.1 Å². The SMILES string of the molecule is CCOc1cc(CNC(C)(C)CC)cc(Br)c1OCc1ccccc1F. The fourth-order valence-corrected chi connectivity index (χ4v) is 2.96. The Kier molecular flexibility index (Phi) is 7.47. The second kappa shape index (κ2) is 9.38. The van der Waals surface area contributed by atoms with Crippen molar-refractivity contribution in [2.24, 2.45) is 0 Å². The summed E-state index contributed by atoms with van der Waals surface area (Å²) in [5, 5.41) is 3.54. The Hall–Kier alpha value is -1.59. The Morgan fingerprint density at radius 3 is 2.50 bits per heavy atom. The van der Waals surface area contributed by atoms with Crippen molar-refractivity contribution in [3.05, 3.63) is 57.8 Å². The molecule has 0 saturated heterocycles. The average molecular weight is 424 g/mol. The van der Waals surface area contributed by atoms with Gasteiger partial charge in [0.15, 0.2) is 11.5 Å². The normalized spacial score (nSPS) is 11.5. The lowest BCUT2D eigenvalue weighted by Gasteiger charge is -2.25. The summed E-state index contributed by atoms with van der Waals surface area (Å²) in [4.78, 5) is 0. The minimum Gasteiger partial charge on any atom is -0.490 e. The van der Waals surface area contributed by atoms with Crippen molar-refractivity contribution in [3.63, 3.8) is 0 Å². The van der Waals surface area contributed by atoms with Crippen LogP contribution in [0, 0.1) is 5.82 Å². The van der Waals surface area contributed by atoms with Gasteiger partial charge in [-0.1, -0.05) is 25.1 Å². The summed E-state index contributed by atoms with van der Waals surface area (Å²) in [6.45, 7) is 9.85. The molecule has 0 aromatic heterocycles. The molecule has 2 rings (SSSR count). The third kappa shape index (κ3) is 5.71. The standard InChI is InChI=1S/C21H27BrFNO2/c1-5-21(3,4)24-13-15-11-17(22)20(19(12-15)25-6-2)26-14-16-9-7-8-10-18(16)23/h7-12,24H,5-6,13-14H2,1-4H3. The molecule has 142 valence electrons. The minimum atomic E-state index is -0.274. The second-order valence-corrected chi connectivity index (χ2v) is 7.66. The molecule has 1 N–H and O–H groups in total. The smallest absolute Gasteiger partial charge is 0.175 e. The molecule has 0 heterocycles. The maximum absolute atomic E-state index is 13.8. The van der Waals surface area contributed by atoms with Crippen LogP contribution in [-0.2, 0) is 13.2 Å². The van der Waals surface area contributed by atoms with Gasteiger partial charge in [0.2, 0.25) is 0 Å². The lowest BCUT2D eigenvalue weighted by molar-refractivity contribution is 0.263.